The molecular weight excluding hydrogens is 336 g/mol. The standard InChI is InChI=1S/C19H20N2O5/c1-14(22)21-16-7-5-6-15(12-16)19(24)26-13-18(23)20-10-11-25-17-8-3-2-4-9-17/h2-9,12H,10-11,13H2,1H3,(H,20,23)(H,21,22). The molecular formula is C19H20N2O5. The number of rotatable bonds is 8. The maximum atomic E-state index is 12.0. The molecule has 136 valence electrons. The summed E-state index contributed by atoms with van der Waals surface area (Å²) in [5.41, 5.74) is 0.728. The summed E-state index contributed by atoms with van der Waals surface area (Å²) in [6.07, 6.45) is 0. The van der Waals surface area contributed by atoms with Crippen molar-refractivity contribution in [1.82, 2.24) is 5.32 Å². The van der Waals surface area contributed by atoms with Crippen LogP contribution < -0.4 is 15.4 Å². The lowest BCUT2D eigenvalue weighted by Crippen LogP contribution is -2.32. The van der Waals surface area contributed by atoms with Gasteiger partial charge in [-0.3, -0.25) is 9.59 Å². The van der Waals surface area contributed by atoms with Gasteiger partial charge in [0, 0.05) is 12.6 Å². The van der Waals surface area contributed by atoms with Crippen molar-refractivity contribution in [3.63, 3.8) is 0 Å². The number of nitrogens with one attached hydrogen (secondary N) is 2. The Balaban J connectivity index is 1.69. The molecule has 2 aromatic rings. The number of hydrogen-bond acceptors (Lipinski definition) is 5. The quantitative estimate of drug-likeness (QED) is 0.557. The Bertz CT molecular complexity index is 762. The lowest BCUT2D eigenvalue weighted by atomic mass is 10.2. The third-order valence-electron chi connectivity index (χ3n) is 3.19. The summed E-state index contributed by atoms with van der Waals surface area (Å²) in [7, 11) is 0. The molecule has 2 amide bonds. The van der Waals surface area contributed by atoms with Crippen LogP contribution in [0, 0.1) is 0 Å². The second kappa shape index (κ2) is 9.83. The van der Waals surface area contributed by atoms with Crippen LogP contribution >= 0.6 is 0 Å². The summed E-state index contributed by atoms with van der Waals surface area (Å²) in [5.74, 6) is -0.597. The van der Waals surface area contributed by atoms with E-state index in [9.17, 15) is 14.4 Å². The molecule has 0 atom stereocenters. The van der Waals surface area contributed by atoms with Gasteiger partial charge in [-0.2, -0.15) is 0 Å². The first-order chi connectivity index (χ1) is 12.5. The van der Waals surface area contributed by atoms with Crippen LogP contribution in [-0.2, 0) is 14.3 Å². The first kappa shape index (κ1) is 19.0. The number of carbonyl (C=O) groups is 3. The number of ether oxygens (including phenoxy) is 2. The molecule has 0 bridgehead atoms. The van der Waals surface area contributed by atoms with E-state index in [1.807, 2.05) is 30.3 Å². The van der Waals surface area contributed by atoms with Crippen LogP contribution in [0.5, 0.6) is 5.75 Å². The van der Waals surface area contributed by atoms with Crippen LogP contribution in [-0.4, -0.2) is 37.5 Å². The van der Waals surface area contributed by atoms with E-state index in [-0.39, 0.29) is 11.5 Å². The lowest BCUT2D eigenvalue weighted by Gasteiger charge is -2.09. The Morgan fingerprint density at radius 1 is 1.00 bits per heavy atom. The van der Waals surface area contributed by atoms with Gasteiger partial charge in [0.25, 0.3) is 5.91 Å². The largest absolute Gasteiger partial charge is 0.492 e. The van der Waals surface area contributed by atoms with Gasteiger partial charge in [0.2, 0.25) is 5.91 Å². The molecule has 0 radical (unpaired) electrons. The van der Waals surface area contributed by atoms with Crippen LogP contribution in [0.4, 0.5) is 5.69 Å². The van der Waals surface area contributed by atoms with Crippen molar-refractivity contribution < 1.29 is 23.9 Å². The van der Waals surface area contributed by atoms with E-state index in [1.54, 1.807) is 18.2 Å². The van der Waals surface area contributed by atoms with Gasteiger partial charge in [-0.1, -0.05) is 24.3 Å². The number of esters is 1. The van der Waals surface area contributed by atoms with Gasteiger partial charge in [0.1, 0.15) is 12.4 Å². The van der Waals surface area contributed by atoms with E-state index in [0.29, 0.717) is 24.6 Å². The Morgan fingerprint density at radius 3 is 2.50 bits per heavy atom. The number of benzene rings is 2. The van der Waals surface area contributed by atoms with Crippen LogP contribution in [0.25, 0.3) is 0 Å². The maximum absolute atomic E-state index is 12.0. The Morgan fingerprint density at radius 2 is 1.77 bits per heavy atom. The highest BCUT2D eigenvalue weighted by Crippen LogP contribution is 2.11. The van der Waals surface area contributed by atoms with E-state index in [0.717, 1.165) is 0 Å². The van der Waals surface area contributed by atoms with E-state index in [2.05, 4.69) is 10.6 Å². The highest BCUT2D eigenvalue weighted by molar-refractivity contribution is 5.94. The number of para-hydroxylation sites is 1. The zero-order chi connectivity index (χ0) is 18.8. The summed E-state index contributed by atoms with van der Waals surface area (Å²) >= 11 is 0. The third kappa shape index (κ3) is 6.64. The minimum atomic E-state index is -0.645. The zero-order valence-corrected chi connectivity index (χ0v) is 14.4. The molecule has 0 spiro atoms. The molecule has 0 aliphatic carbocycles. The summed E-state index contributed by atoms with van der Waals surface area (Å²) in [6, 6.07) is 15.5. The average Bonchev–Trinajstić information content (AvgIpc) is 2.64. The average molecular weight is 356 g/mol. The summed E-state index contributed by atoms with van der Waals surface area (Å²) in [4.78, 5) is 34.7. The Kier molecular flexibility index (Phi) is 7.17. The molecule has 26 heavy (non-hydrogen) atoms. The van der Waals surface area contributed by atoms with Crippen LogP contribution in [0.15, 0.2) is 54.6 Å². The molecule has 0 heterocycles. The van der Waals surface area contributed by atoms with Gasteiger partial charge in [-0.05, 0) is 30.3 Å². The highest BCUT2D eigenvalue weighted by Gasteiger charge is 2.11. The first-order valence-electron chi connectivity index (χ1n) is 8.04. The van der Waals surface area contributed by atoms with Crippen molar-refractivity contribution in [3.8, 4) is 5.75 Å². The molecule has 2 rings (SSSR count). The van der Waals surface area contributed by atoms with Crippen molar-refractivity contribution in [3.05, 3.63) is 60.2 Å². The molecule has 0 saturated carbocycles. The normalized spacial score (nSPS) is 9.88. The van der Waals surface area contributed by atoms with E-state index in [1.165, 1.54) is 13.0 Å². The monoisotopic (exact) mass is 356 g/mol. The molecule has 2 aromatic carbocycles. The minimum Gasteiger partial charge on any atom is -0.492 e. The topological polar surface area (TPSA) is 93.7 Å². The molecule has 0 aromatic heterocycles. The Labute approximate surface area is 151 Å². The number of carbonyl (C=O) groups excluding carboxylic acids is 3. The van der Waals surface area contributed by atoms with Crippen LogP contribution in [0.1, 0.15) is 17.3 Å². The van der Waals surface area contributed by atoms with Crippen molar-refractivity contribution in [2.75, 3.05) is 25.1 Å². The number of anilines is 1. The third-order valence-corrected chi connectivity index (χ3v) is 3.19. The zero-order valence-electron chi connectivity index (χ0n) is 14.4. The molecule has 2 N–H and O–H groups in total. The summed E-state index contributed by atoms with van der Waals surface area (Å²) < 4.78 is 10.4. The fourth-order valence-electron chi connectivity index (χ4n) is 2.07. The maximum Gasteiger partial charge on any atom is 0.338 e. The first-order valence-corrected chi connectivity index (χ1v) is 8.04. The van der Waals surface area contributed by atoms with E-state index >= 15 is 0 Å². The van der Waals surface area contributed by atoms with Crippen molar-refractivity contribution >= 4 is 23.5 Å². The van der Waals surface area contributed by atoms with Gasteiger partial charge in [-0.25, -0.2) is 4.79 Å². The minimum absolute atomic E-state index is 0.243. The summed E-state index contributed by atoms with van der Waals surface area (Å²) in [5, 5.41) is 5.17. The van der Waals surface area contributed by atoms with E-state index < -0.39 is 18.5 Å². The second-order valence-corrected chi connectivity index (χ2v) is 5.35. The molecule has 7 nitrogen and oxygen atoms in total. The smallest absolute Gasteiger partial charge is 0.338 e. The predicted octanol–water partition coefficient (Wildman–Crippen LogP) is 2.00. The summed E-state index contributed by atoms with van der Waals surface area (Å²) in [6.45, 7) is 1.58. The fourth-order valence-corrected chi connectivity index (χ4v) is 2.07. The lowest BCUT2D eigenvalue weighted by molar-refractivity contribution is -0.124. The molecule has 0 unspecified atom stereocenters. The van der Waals surface area contributed by atoms with Gasteiger partial charge < -0.3 is 20.1 Å². The van der Waals surface area contributed by atoms with Crippen LogP contribution in [0.2, 0.25) is 0 Å². The fraction of sp³-hybridized carbons (Fsp3) is 0.211. The van der Waals surface area contributed by atoms with Gasteiger partial charge in [0.05, 0.1) is 12.1 Å². The number of hydrogen-bond donors (Lipinski definition) is 2. The van der Waals surface area contributed by atoms with Crippen LogP contribution in [0.3, 0.4) is 0 Å². The van der Waals surface area contributed by atoms with Crippen molar-refractivity contribution in [1.29, 1.82) is 0 Å². The van der Waals surface area contributed by atoms with Gasteiger partial charge in [0.15, 0.2) is 6.61 Å². The molecule has 0 fully saturated rings. The van der Waals surface area contributed by atoms with Crippen molar-refractivity contribution in [2.24, 2.45) is 0 Å². The molecule has 7 heteroatoms. The SMILES string of the molecule is CC(=O)Nc1cccc(C(=O)OCC(=O)NCCOc2ccccc2)c1. The molecule has 0 saturated heterocycles. The van der Waals surface area contributed by atoms with Gasteiger partial charge >= 0.3 is 5.97 Å². The predicted molar refractivity (Wildman–Crippen MR) is 96.0 cm³/mol. The van der Waals surface area contributed by atoms with E-state index in [4.69, 9.17) is 9.47 Å². The molecule has 0 aliphatic heterocycles. The van der Waals surface area contributed by atoms with Gasteiger partial charge in [-0.15, -0.1) is 0 Å². The Hall–Kier alpha value is -3.35. The highest BCUT2D eigenvalue weighted by atomic mass is 16.5. The molecule has 0 aliphatic rings. The second-order valence-electron chi connectivity index (χ2n) is 5.35. The van der Waals surface area contributed by atoms with Crippen molar-refractivity contribution in [2.45, 2.75) is 6.92 Å². The number of amides is 2.